The van der Waals surface area contributed by atoms with E-state index in [2.05, 4.69) is 5.10 Å². The summed E-state index contributed by atoms with van der Waals surface area (Å²) >= 11 is 12.0. The minimum atomic E-state index is -3.90. The summed E-state index contributed by atoms with van der Waals surface area (Å²) in [6.07, 6.45) is 3.41. The van der Waals surface area contributed by atoms with Gasteiger partial charge in [0, 0.05) is 17.3 Å². The van der Waals surface area contributed by atoms with Crippen LogP contribution in [-0.2, 0) is 14.8 Å². The van der Waals surface area contributed by atoms with Gasteiger partial charge in [-0.2, -0.15) is 10.4 Å². The van der Waals surface area contributed by atoms with Crippen LogP contribution < -0.4 is 9.46 Å². The van der Waals surface area contributed by atoms with Crippen LogP contribution in [0.15, 0.2) is 48.2 Å². The second-order valence-electron chi connectivity index (χ2n) is 6.70. The molecular weight excluding hydrogens is 494 g/mol. The van der Waals surface area contributed by atoms with Crippen LogP contribution in [0.3, 0.4) is 0 Å². The van der Waals surface area contributed by atoms with Crippen molar-refractivity contribution < 1.29 is 22.3 Å². The minimum absolute atomic E-state index is 0.0949. The van der Waals surface area contributed by atoms with Crippen LogP contribution in [0.5, 0.6) is 5.75 Å². The van der Waals surface area contributed by atoms with Crippen LogP contribution in [0.25, 0.3) is 23.0 Å². The fraction of sp³-hybridized carbons (Fsp3) is 0.0952. The zero-order valence-corrected chi connectivity index (χ0v) is 19.5. The highest BCUT2D eigenvalue weighted by Crippen LogP contribution is 2.31. The fourth-order valence-electron chi connectivity index (χ4n) is 2.82. The molecule has 0 bridgehead atoms. The number of aromatic nitrogens is 2. The predicted molar refractivity (Wildman–Crippen MR) is 122 cm³/mol. The van der Waals surface area contributed by atoms with E-state index in [4.69, 9.17) is 27.9 Å². The van der Waals surface area contributed by atoms with E-state index in [1.54, 1.807) is 29.0 Å². The van der Waals surface area contributed by atoms with Crippen LogP contribution in [0.1, 0.15) is 5.56 Å². The van der Waals surface area contributed by atoms with E-state index in [0.29, 0.717) is 22.0 Å². The van der Waals surface area contributed by atoms with Gasteiger partial charge in [-0.25, -0.2) is 22.2 Å². The lowest BCUT2D eigenvalue weighted by molar-refractivity contribution is -0.115. The molecule has 0 radical (unpaired) electrons. The first-order chi connectivity index (χ1) is 15.5. The van der Waals surface area contributed by atoms with Gasteiger partial charge in [-0.05, 0) is 36.4 Å². The number of benzene rings is 2. The number of ether oxygens (including phenoxy) is 1. The molecule has 8 nitrogen and oxygen atoms in total. The molecule has 1 heterocycles. The van der Waals surface area contributed by atoms with Crippen LogP contribution in [0.2, 0.25) is 10.0 Å². The quantitative estimate of drug-likeness (QED) is 0.397. The molecule has 0 aliphatic rings. The van der Waals surface area contributed by atoms with Crippen molar-refractivity contribution >= 4 is 45.2 Å². The van der Waals surface area contributed by atoms with Crippen LogP contribution >= 0.6 is 23.2 Å². The lowest BCUT2D eigenvalue weighted by Crippen LogP contribution is -2.30. The van der Waals surface area contributed by atoms with Crippen molar-refractivity contribution in [3.8, 4) is 28.8 Å². The van der Waals surface area contributed by atoms with Crippen molar-refractivity contribution in [2.24, 2.45) is 0 Å². The maximum atomic E-state index is 14.1. The van der Waals surface area contributed by atoms with Gasteiger partial charge in [0.25, 0.3) is 5.91 Å². The maximum absolute atomic E-state index is 14.1. The van der Waals surface area contributed by atoms with E-state index >= 15 is 0 Å². The number of halogens is 3. The van der Waals surface area contributed by atoms with Crippen molar-refractivity contribution in [2.45, 2.75) is 0 Å². The Morgan fingerprint density at radius 1 is 1.24 bits per heavy atom. The zero-order chi connectivity index (χ0) is 24.3. The lowest BCUT2D eigenvalue weighted by Gasteiger charge is -2.06. The molecule has 0 spiro atoms. The second-order valence-corrected chi connectivity index (χ2v) is 9.26. The Bertz CT molecular complexity index is 1430. The van der Waals surface area contributed by atoms with Crippen molar-refractivity contribution in [1.29, 1.82) is 5.26 Å². The van der Waals surface area contributed by atoms with Crippen LogP contribution in [0, 0.1) is 17.1 Å². The van der Waals surface area contributed by atoms with Crippen molar-refractivity contribution in [2.75, 3.05) is 13.4 Å². The standard InChI is InChI=1S/C21H15Cl2FN4O4S/c1-32-19-6-4-15(9-17(19)23)28-11-14(7-13(10-25)21(29)27-33(2,30)31)20(26-28)12-3-5-16(22)18(24)8-12/h3-9,11H,1-2H3,(H,27,29)/b13-7+. The Balaban J connectivity index is 2.18. The first-order valence-corrected chi connectivity index (χ1v) is 11.7. The Morgan fingerprint density at radius 3 is 2.55 bits per heavy atom. The van der Waals surface area contributed by atoms with Crippen molar-refractivity contribution in [3.63, 3.8) is 0 Å². The van der Waals surface area contributed by atoms with E-state index in [0.717, 1.165) is 18.4 Å². The molecule has 0 unspecified atom stereocenters. The van der Waals surface area contributed by atoms with E-state index in [1.807, 2.05) is 0 Å². The molecule has 1 aromatic heterocycles. The molecule has 0 saturated heterocycles. The average Bonchev–Trinajstić information content (AvgIpc) is 3.16. The second kappa shape index (κ2) is 9.62. The Morgan fingerprint density at radius 2 is 1.97 bits per heavy atom. The molecule has 2 aromatic carbocycles. The molecule has 1 amide bonds. The normalized spacial score (nSPS) is 11.7. The van der Waals surface area contributed by atoms with Crippen LogP contribution in [0.4, 0.5) is 4.39 Å². The molecule has 0 atom stereocenters. The third kappa shape index (κ3) is 5.70. The number of nitrogens with one attached hydrogen (secondary N) is 1. The summed E-state index contributed by atoms with van der Waals surface area (Å²) in [6, 6.07) is 10.5. The predicted octanol–water partition coefficient (Wildman–Crippen LogP) is 3.98. The minimum Gasteiger partial charge on any atom is -0.495 e. The fourth-order valence-corrected chi connectivity index (χ4v) is 3.63. The van der Waals surface area contributed by atoms with Gasteiger partial charge in [0.2, 0.25) is 10.0 Å². The molecule has 12 heteroatoms. The number of nitrogens with zero attached hydrogens (tertiary/aromatic N) is 3. The van der Waals surface area contributed by atoms with Crippen LogP contribution in [-0.4, -0.2) is 37.5 Å². The largest absolute Gasteiger partial charge is 0.495 e. The smallest absolute Gasteiger partial charge is 0.275 e. The van der Waals surface area contributed by atoms with Gasteiger partial charge in [-0.15, -0.1) is 0 Å². The van der Waals surface area contributed by atoms with Gasteiger partial charge in [0.15, 0.2) is 0 Å². The van der Waals surface area contributed by atoms with Gasteiger partial charge < -0.3 is 4.74 Å². The number of nitriles is 1. The SMILES string of the molecule is COc1ccc(-n2cc(/C=C(\C#N)C(=O)NS(C)(=O)=O)c(-c3ccc(Cl)c(F)c3)n2)cc1Cl. The van der Waals surface area contributed by atoms with E-state index < -0.39 is 27.3 Å². The van der Waals surface area contributed by atoms with E-state index in [-0.39, 0.29) is 16.3 Å². The van der Waals surface area contributed by atoms with Gasteiger partial charge in [-0.3, -0.25) is 4.79 Å². The molecule has 170 valence electrons. The molecule has 3 rings (SSSR count). The summed E-state index contributed by atoms with van der Waals surface area (Å²) in [4.78, 5) is 12.2. The summed E-state index contributed by atoms with van der Waals surface area (Å²) in [5.74, 6) is -1.37. The summed E-state index contributed by atoms with van der Waals surface area (Å²) in [5, 5.41) is 14.1. The van der Waals surface area contributed by atoms with Gasteiger partial charge in [-0.1, -0.05) is 29.3 Å². The number of sulfonamides is 1. The van der Waals surface area contributed by atoms with Gasteiger partial charge in [0.1, 0.15) is 28.9 Å². The monoisotopic (exact) mass is 508 g/mol. The topological polar surface area (TPSA) is 114 Å². The summed E-state index contributed by atoms with van der Waals surface area (Å²) < 4.78 is 45.1. The van der Waals surface area contributed by atoms with Crippen molar-refractivity contribution in [1.82, 2.24) is 14.5 Å². The van der Waals surface area contributed by atoms with E-state index in [9.17, 15) is 22.9 Å². The highest BCUT2D eigenvalue weighted by Gasteiger charge is 2.18. The molecule has 3 aromatic rings. The lowest BCUT2D eigenvalue weighted by atomic mass is 10.1. The first-order valence-electron chi connectivity index (χ1n) is 9.05. The number of carbonyl (C=O) groups is 1. The van der Waals surface area contributed by atoms with Crippen molar-refractivity contribution in [3.05, 3.63) is 69.6 Å². The summed E-state index contributed by atoms with van der Waals surface area (Å²) in [7, 11) is -2.43. The Kier molecular flexibility index (Phi) is 7.07. The Labute approximate surface area is 198 Å². The number of rotatable bonds is 6. The molecule has 0 saturated carbocycles. The van der Waals surface area contributed by atoms with Gasteiger partial charge >= 0.3 is 0 Å². The Hall–Kier alpha value is -3.39. The third-order valence-corrected chi connectivity index (χ3v) is 5.44. The molecule has 1 N–H and O–H groups in total. The van der Waals surface area contributed by atoms with Gasteiger partial charge in [0.05, 0.1) is 29.1 Å². The highest BCUT2D eigenvalue weighted by atomic mass is 35.5. The number of amides is 1. The molecule has 0 fully saturated rings. The number of carbonyl (C=O) groups excluding carboxylic acids is 1. The number of hydrogen-bond donors (Lipinski definition) is 1. The number of methoxy groups -OCH3 is 1. The maximum Gasteiger partial charge on any atom is 0.275 e. The third-order valence-electron chi connectivity index (χ3n) is 4.28. The first kappa shape index (κ1) is 24.3. The zero-order valence-electron chi connectivity index (χ0n) is 17.1. The molecular formula is C21H15Cl2FN4O4S. The number of hydrogen-bond acceptors (Lipinski definition) is 6. The average molecular weight is 509 g/mol. The van der Waals surface area contributed by atoms with E-state index in [1.165, 1.54) is 30.1 Å². The summed E-state index contributed by atoms with van der Waals surface area (Å²) in [5.41, 5.74) is 0.766. The highest BCUT2D eigenvalue weighted by molar-refractivity contribution is 7.89. The molecule has 0 aliphatic heterocycles. The molecule has 0 aliphatic carbocycles. The summed E-state index contributed by atoms with van der Waals surface area (Å²) in [6.45, 7) is 0. The molecule has 33 heavy (non-hydrogen) atoms.